The lowest BCUT2D eigenvalue weighted by atomic mass is 10.0. The SMILES string of the molecule is CCCCCCCCCCc1ccc(C#CC(SCCCC(=O)O)SCCCC(=O)O)cc1. The molecule has 0 radical (unpaired) electrons. The maximum Gasteiger partial charge on any atom is 0.303 e. The van der Waals surface area contributed by atoms with Crippen LogP contribution in [0.25, 0.3) is 0 Å². The molecule has 0 saturated heterocycles. The summed E-state index contributed by atoms with van der Waals surface area (Å²) in [6.45, 7) is 2.25. The van der Waals surface area contributed by atoms with Gasteiger partial charge in [0.1, 0.15) is 4.58 Å². The highest BCUT2D eigenvalue weighted by Crippen LogP contribution is 2.25. The van der Waals surface area contributed by atoms with Crippen molar-refractivity contribution in [2.45, 2.75) is 95.0 Å². The number of benzene rings is 1. The van der Waals surface area contributed by atoms with Gasteiger partial charge in [-0.3, -0.25) is 9.59 Å². The molecule has 4 nitrogen and oxygen atoms in total. The van der Waals surface area contributed by atoms with E-state index in [2.05, 4.69) is 43.0 Å². The molecule has 0 heterocycles. The maximum absolute atomic E-state index is 10.7. The highest BCUT2D eigenvalue weighted by Gasteiger charge is 2.08. The highest BCUT2D eigenvalue weighted by molar-refractivity contribution is 8.17. The quantitative estimate of drug-likeness (QED) is 0.120. The number of hydrogen-bond acceptors (Lipinski definition) is 4. The number of rotatable bonds is 19. The lowest BCUT2D eigenvalue weighted by Gasteiger charge is -2.09. The predicted molar refractivity (Wildman–Crippen MR) is 142 cm³/mol. The third-order valence-electron chi connectivity index (χ3n) is 5.22. The fourth-order valence-corrected chi connectivity index (χ4v) is 5.62. The van der Waals surface area contributed by atoms with Crippen LogP contribution >= 0.6 is 23.5 Å². The summed E-state index contributed by atoms with van der Waals surface area (Å²) in [4.78, 5) is 21.4. The van der Waals surface area contributed by atoms with Crippen molar-refractivity contribution in [3.63, 3.8) is 0 Å². The van der Waals surface area contributed by atoms with E-state index in [0.29, 0.717) is 12.8 Å². The van der Waals surface area contributed by atoms with E-state index in [9.17, 15) is 9.59 Å². The van der Waals surface area contributed by atoms with Crippen molar-refractivity contribution < 1.29 is 19.8 Å². The smallest absolute Gasteiger partial charge is 0.303 e. The highest BCUT2D eigenvalue weighted by atomic mass is 32.2. The van der Waals surface area contributed by atoms with Crippen LogP contribution in [0.5, 0.6) is 0 Å². The first kappa shape index (κ1) is 29.5. The van der Waals surface area contributed by atoms with Crippen molar-refractivity contribution in [1.82, 2.24) is 0 Å². The average molecular weight is 493 g/mol. The van der Waals surface area contributed by atoms with Gasteiger partial charge in [-0.05, 0) is 54.9 Å². The molecule has 1 rings (SSSR count). The molecule has 0 aromatic heterocycles. The van der Waals surface area contributed by atoms with E-state index in [1.165, 1.54) is 56.9 Å². The van der Waals surface area contributed by atoms with Crippen molar-refractivity contribution in [2.24, 2.45) is 0 Å². The first-order chi connectivity index (χ1) is 16.0. The largest absolute Gasteiger partial charge is 0.481 e. The van der Waals surface area contributed by atoms with Crippen LogP contribution in [0.2, 0.25) is 0 Å². The van der Waals surface area contributed by atoms with E-state index in [0.717, 1.165) is 23.5 Å². The lowest BCUT2D eigenvalue weighted by molar-refractivity contribution is -0.138. The Morgan fingerprint density at radius 1 is 0.788 bits per heavy atom. The molecule has 0 spiro atoms. The molecule has 0 atom stereocenters. The predicted octanol–water partition coefficient (Wildman–Crippen LogP) is 7.24. The number of unbranched alkanes of at least 4 members (excludes halogenated alkanes) is 7. The number of aliphatic carboxylic acids is 2. The topological polar surface area (TPSA) is 74.6 Å². The van der Waals surface area contributed by atoms with E-state index in [4.69, 9.17) is 10.2 Å². The normalized spacial score (nSPS) is 10.7. The Morgan fingerprint density at radius 3 is 1.82 bits per heavy atom. The first-order valence-electron chi connectivity index (χ1n) is 12.3. The van der Waals surface area contributed by atoms with Crippen LogP contribution in [0.15, 0.2) is 24.3 Å². The van der Waals surface area contributed by atoms with Crippen LogP contribution < -0.4 is 0 Å². The summed E-state index contributed by atoms with van der Waals surface area (Å²) in [5, 5.41) is 17.6. The van der Waals surface area contributed by atoms with E-state index in [1.807, 2.05) is 0 Å². The summed E-state index contributed by atoms with van der Waals surface area (Å²) in [6, 6.07) is 8.49. The van der Waals surface area contributed by atoms with Gasteiger partial charge in [-0.1, -0.05) is 75.8 Å². The maximum atomic E-state index is 10.7. The number of aryl methyl sites for hydroxylation is 1. The Labute approximate surface area is 208 Å². The van der Waals surface area contributed by atoms with Crippen LogP contribution in [0.3, 0.4) is 0 Å². The molecule has 0 aliphatic rings. The molecule has 6 heteroatoms. The summed E-state index contributed by atoms with van der Waals surface area (Å²) in [7, 11) is 0. The second kappa shape index (κ2) is 19.9. The minimum absolute atomic E-state index is 0.0181. The molecule has 1 aromatic rings. The summed E-state index contributed by atoms with van der Waals surface area (Å²) in [5.74, 6) is 6.45. The fraction of sp³-hybridized carbons (Fsp3) is 0.630. The van der Waals surface area contributed by atoms with Crippen LogP contribution in [-0.2, 0) is 16.0 Å². The molecular formula is C27H40O4S2. The van der Waals surface area contributed by atoms with Gasteiger partial charge in [0, 0.05) is 18.4 Å². The average Bonchev–Trinajstić information content (AvgIpc) is 2.79. The van der Waals surface area contributed by atoms with Crippen molar-refractivity contribution in [1.29, 1.82) is 0 Å². The second-order valence-electron chi connectivity index (χ2n) is 8.26. The summed E-state index contributed by atoms with van der Waals surface area (Å²) in [6.07, 6.45) is 13.3. The third kappa shape index (κ3) is 17.5. The minimum atomic E-state index is -0.778. The van der Waals surface area contributed by atoms with Gasteiger partial charge in [-0.2, -0.15) is 0 Å². The molecule has 0 saturated carbocycles. The Kier molecular flexibility index (Phi) is 17.7. The molecule has 0 aliphatic heterocycles. The van der Waals surface area contributed by atoms with Crippen molar-refractivity contribution in [3.05, 3.63) is 35.4 Å². The molecule has 0 bridgehead atoms. The minimum Gasteiger partial charge on any atom is -0.481 e. The standard InChI is InChI=1S/C27H40O4S2/c1-2-3-4-5-6-7-8-9-12-23-15-17-24(18-16-23)19-20-27(32-21-10-13-25(28)29)33-22-11-14-26(30)31/h15-18,27H,2-14,21-22H2,1H3,(H,28,29)(H,30,31). The second-order valence-corrected chi connectivity index (χ2v) is 11.0. The summed E-state index contributed by atoms with van der Waals surface area (Å²) < 4.78 is 0.0181. The van der Waals surface area contributed by atoms with Gasteiger partial charge >= 0.3 is 11.9 Å². The fourth-order valence-electron chi connectivity index (χ4n) is 3.32. The van der Waals surface area contributed by atoms with Crippen molar-refractivity contribution in [2.75, 3.05) is 11.5 Å². The van der Waals surface area contributed by atoms with Crippen LogP contribution in [-0.4, -0.2) is 38.2 Å². The zero-order chi connectivity index (χ0) is 24.2. The number of carboxylic acids is 2. The van der Waals surface area contributed by atoms with E-state index in [-0.39, 0.29) is 17.4 Å². The third-order valence-corrected chi connectivity index (χ3v) is 7.92. The number of thioether (sulfide) groups is 2. The number of carbonyl (C=O) groups is 2. The Bertz CT molecular complexity index is 700. The molecule has 0 unspecified atom stereocenters. The number of carboxylic acid groups (broad SMARTS) is 2. The van der Waals surface area contributed by atoms with E-state index in [1.54, 1.807) is 23.5 Å². The van der Waals surface area contributed by atoms with Crippen LogP contribution in [0.1, 0.15) is 95.1 Å². The van der Waals surface area contributed by atoms with Gasteiger partial charge in [0.05, 0.1) is 0 Å². The Hall–Kier alpha value is -1.58. The van der Waals surface area contributed by atoms with Crippen molar-refractivity contribution >= 4 is 35.5 Å². The molecule has 0 amide bonds. The zero-order valence-electron chi connectivity index (χ0n) is 20.0. The summed E-state index contributed by atoms with van der Waals surface area (Å²) >= 11 is 3.29. The molecule has 1 aromatic carbocycles. The van der Waals surface area contributed by atoms with Gasteiger partial charge < -0.3 is 10.2 Å². The summed E-state index contributed by atoms with van der Waals surface area (Å²) in [5.41, 5.74) is 2.34. The lowest BCUT2D eigenvalue weighted by Crippen LogP contribution is -2.01. The van der Waals surface area contributed by atoms with Crippen LogP contribution in [0.4, 0.5) is 0 Å². The van der Waals surface area contributed by atoms with Gasteiger partial charge in [-0.15, -0.1) is 23.5 Å². The number of hydrogen-bond donors (Lipinski definition) is 2. The molecular weight excluding hydrogens is 452 g/mol. The van der Waals surface area contributed by atoms with E-state index >= 15 is 0 Å². The van der Waals surface area contributed by atoms with Gasteiger partial charge in [-0.25, -0.2) is 0 Å². The Morgan fingerprint density at radius 2 is 1.30 bits per heavy atom. The van der Waals surface area contributed by atoms with Crippen molar-refractivity contribution in [3.8, 4) is 11.8 Å². The first-order valence-corrected chi connectivity index (χ1v) is 14.4. The molecule has 33 heavy (non-hydrogen) atoms. The molecule has 0 fully saturated rings. The molecule has 184 valence electrons. The van der Waals surface area contributed by atoms with Gasteiger partial charge in [0.25, 0.3) is 0 Å². The molecule has 2 N–H and O–H groups in total. The van der Waals surface area contributed by atoms with Crippen LogP contribution in [0, 0.1) is 11.8 Å². The van der Waals surface area contributed by atoms with Gasteiger partial charge in [0.2, 0.25) is 0 Å². The zero-order valence-corrected chi connectivity index (χ0v) is 21.7. The van der Waals surface area contributed by atoms with E-state index < -0.39 is 11.9 Å². The monoisotopic (exact) mass is 492 g/mol. The molecule has 0 aliphatic carbocycles. The van der Waals surface area contributed by atoms with Gasteiger partial charge in [0.15, 0.2) is 0 Å². The Balaban J connectivity index is 2.43.